The van der Waals surface area contributed by atoms with Crippen molar-refractivity contribution in [2.24, 2.45) is 16.8 Å². The zero-order valence-corrected chi connectivity index (χ0v) is 18.7. The first-order valence-electron chi connectivity index (χ1n) is 11.4. The number of hydrogen-bond acceptors (Lipinski definition) is 7. The molecule has 5 N–H and O–H groups in total. The van der Waals surface area contributed by atoms with Gasteiger partial charge in [0, 0.05) is 36.7 Å². The summed E-state index contributed by atoms with van der Waals surface area (Å²) in [5.41, 5.74) is 9.10. The number of amides is 1. The Balaban J connectivity index is 0.000000601. The number of fused-ring (bicyclic) bond motifs is 1. The van der Waals surface area contributed by atoms with Gasteiger partial charge in [-0.25, -0.2) is 14.5 Å². The van der Waals surface area contributed by atoms with Crippen molar-refractivity contribution in [2.75, 3.05) is 5.32 Å². The molecule has 11 nitrogen and oxygen atoms in total. The first-order chi connectivity index (χ1) is 15.8. The number of nitrogens with one attached hydrogen (secondary N) is 1. The Morgan fingerprint density at radius 1 is 1.24 bits per heavy atom. The summed E-state index contributed by atoms with van der Waals surface area (Å²) >= 11 is 0. The Labute approximate surface area is 191 Å². The lowest BCUT2D eigenvalue weighted by molar-refractivity contribution is -0.125. The highest BCUT2D eigenvalue weighted by Crippen LogP contribution is 2.43. The number of oxime groups is 1. The number of nitrogens with zero attached hydrogens (tertiary/aromatic N) is 4. The van der Waals surface area contributed by atoms with Crippen LogP contribution >= 0.6 is 0 Å². The molecule has 2 saturated carbocycles. The predicted octanol–water partition coefficient (Wildman–Crippen LogP) is 3.18. The van der Waals surface area contributed by atoms with E-state index in [-0.39, 0.29) is 17.4 Å². The lowest BCUT2D eigenvalue weighted by atomic mass is 9.76. The average molecular weight is 459 g/mol. The molecule has 3 heterocycles. The van der Waals surface area contributed by atoms with Crippen LogP contribution in [0.3, 0.4) is 0 Å². The molecule has 33 heavy (non-hydrogen) atoms. The smallest absolute Gasteiger partial charge is 0.450 e. The van der Waals surface area contributed by atoms with Gasteiger partial charge in [-0.2, -0.15) is 5.10 Å². The first kappa shape index (κ1) is 22.8. The highest BCUT2D eigenvalue weighted by atomic mass is 16.7. The Bertz CT molecular complexity index is 1060. The molecule has 1 aliphatic heterocycles. The fourth-order valence-electron chi connectivity index (χ4n) is 4.75. The van der Waals surface area contributed by atoms with Crippen molar-refractivity contribution >= 4 is 34.5 Å². The topological polar surface area (TPSA) is 165 Å². The maximum atomic E-state index is 11.5. The lowest BCUT2D eigenvalue weighted by Crippen LogP contribution is -2.38. The van der Waals surface area contributed by atoms with E-state index in [1.54, 1.807) is 0 Å². The van der Waals surface area contributed by atoms with Crippen LogP contribution in [0.25, 0.3) is 11.0 Å². The van der Waals surface area contributed by atoms with Crippen molar-refractivity contribution < 1.29 is 24.6 Å². The minimum absolute atomic E-state index is 0.0398. The number of carbonyl (C=O) groups excluding carboxylic acids is 1. The van der Waals surface area contributed by atoms with Crippen molar-refractivity contribution in [1.29, 1.82) is 0 Å². The number of hydrogen-bond donors (Lipinski definition) is 4. The maximum absolute atomic E-state index is 11.5. The van der Waals surface area contributed by atoms with Crippen LogP contribution in [0.5, 0.6) is 0 Å². The average Bonchev–Trinajstić information content (AvgIpc) is 3.35. The summed E-state index contributed by atoms with van der Waals surface area (Å²) in [7, 11) is 0. The van der Waals surface area contributed by atoms with Crippen molar-refractivity contribution in [3.8, 4) is 0 Å². The number of primary amides is 1. The van der Waals surface area contributed by atoms with Crippen LogP contribution in [0.2, 0.25) is 0 Å². The summed E-state index contributed by atoms with van der Waals surface area (Å²) in [4.78, 5) is 30.7. The zero-order chi connectivity index (χ0) is 23.6. The summed E-state index contributed by atoms with van der Waals surface area (Å²) in [6, 6.07) is 0.493. The standard InChI is InChI=1S/C21H28N6O2.CH2O3/c1-2-27-20-16(12-24-27)18(25-14-4-3-5-14)15(11-23-20)17-10-21(29-26-17)8-6-13(7-9-21)19(22)28;2-1(3)4/h11-14H,2-10H2,1H3,(H2,22,28)(H,23,25);(H2,2,3,4). The molecule has 0 bridgehead atoms. The van der Waals surface area contributed by atoms with Crippen molar-refractivity contribution in [3.05, 3.63) is 18.0 Å². The summed E-state index contributed by atoms with van der Waals surface area (Å²) in [6.07, 6.45) is 9.52. The van der Waals surface area contributed by atoms with Crippen molar-refractivity contribution in [3.63, 3.8) is 0 Å². The number of aromatic nitrogens is 3. The SMILES string of the molecule is CCn1ncc2c(NC3CCC3)c(C3=NOC4(CCC(C(N)=O)CC4)C3)cnc21.O=C(O)O. The van der Waals surface area contributed by atoms with Gasteiger partial charge in [0.1, 0.15) is 5.60 Å². The zero-order valence-electron chi connectivity index (χ0n) is 18.7. The number of pyridine rings is 1. The summed E-state index contributed by atoms with van der Waals surface area (Å²) in [5, 5.41) is 27.7. The molecule has 2 aromatic rings. The second-order valence-corrected chi connectivity index (χ2v) is 8.96. The molecule has 11 heteroatoms. The number of rotatable bonds is 5. The van der Waals surface area contributed by atoms with E-state index < -0.39 is 6.16 Å². The van der Waals surface area contributed by atoms with E-state index >= 15 is 0 Å². The van der Waals surface area contributed by atoms with Gasteiger partial charge < -0.3 is 26.1 Å². The van der Waals surface area contributed by atoms with Gasteiger partial charge in [-0.15, -0.1) is 0 Å². The highest BCUT2D eigenvalue weighted by molar-refractivity contribution is 6.10. The van der Waals surface area contributed by atoms with Gasteiger partial charge in [-0.3, -0.25) is 4.79 Å². The molecule has 2 aliphatic carbocycles. The third-order valence-electron chi connectivity index (χ3n) is 6.87. The molecular formula is C22H30N6O5. The second-order valence-electron chi connectivity index (χ2n) is 8.96. The Morgan fingerprint density at radius 3 is 2.52 bits per heavy atom. The molecule has 5 rings (SSSR count). The van der Waals surface area contributed by atoms with Crippen LogP contribution in [0, 0.1) is 5.92 Å². The van der Waals surface area contributed by atoms with E-state index in [2.05, 4.69) is 22.5 Å². The summed E-state index contributed by atoms with van der Waals surface area (Å²) < 4.78 is 1.92. The van der Waals surface area contributed by atoms with E-state index in [1.807, 2.05) is 17.1 Å². The highest BCUT2D eigenvalue weighted by Gasteiger charge is 2.44. The van der Waals surface area contributed by atoms with E-state index in [9.17, 15) is 4.79 Å². The Morgan fingerprint density at radius 2 is 1.94 bits per heavy atom. The van der Waals surface area contributed by atoms with Gasteiger partial charge in [0.25, 0.3) is 0 Å². The minimum atomic E-state index is -1.83. The normalized spacial score (nSPS) is 24.4. The number of aryl methyl sites for hydroxylation is 1. The summed E-state index contributed by atoms with van der Waals surface area (Å²) in [6.45, 7) is 2.86. The van der Waals surface area contributed by atoms with Gasteiger partial charge in [-0.1, -0.05) is 5.16 Å². The molecule has 1 spiro atoms. The van der Waals surface area contributed by atoms with Crippen LogP contribution in [0.1, 0.15) is 63.9 Å². The molecule has 0 aromatic carbocycles. The Kier molecular flexibility index (Phi) is 6.39. The minimum Gasteiger partial charge on any atom is -0.450 e. The van der Waals surface area contributed by atoms with Crippen LogP contribution < -0.4 is 11.1 Å². The molecule has 178 valence electrons. The van der Waals surface area contributed by atoms with Crippen molar-refractivity contribution in [2.45, 2.75) is 76.5 Å². The second kappa shape index (κ2) is 9.24. The number of carboxylic acid groups (broad SMARTS) is 2. The van der Waals surface area contributed by atoms with Gasteiger partial charge in [-0.05, 0) is 51.9 Å². The molecule has 0 unspecified atom stereocenters. The van der Waals surface area contributed by atoms with Gasteiger partial charge in [0.2, 0.25) is 5.91 Å². The molecular weight excluding hydrogens is 428 g/mol. The van der Waals surface area contributed by atoms with Crippen LogP contribution in [-0.4, -0.2) is 54.4 Å². The number of nitrogens with two attached hydrogens (primary N) is 1. The van der Waals surface area contributed by atoms with E-state index in [0.29, 0.717) is 6.04 Å². The summed E-state index contributed by atoms with van der Waals surface area (Å²) in [5.74, 6) is -0.240. The maximum Gasteiger partial charge on any atom is 0.503 e. The first-order valence-corrected chi connectivity index (χ1v) is 11.4. The third kappa shape index (κ3) is 4.71. The van der Waals surface area contributed by atoms with E-state index in [0.717, 1.165) is 66.6 Å². The predicted molar refractivity (Wildman–Crippen MR) is 121 cm³/mol. The van der Waals surface area contributed by atoms with Crippen LogP contribution in [-0.2, 0) is 16.2 Å². The molecule has 2 aromatic heterocycles. The number of anilines is 1. The van der Waals surface area contributed by atoms with Gasteiger partial charge in [0.15, 0.2) is 5.65 Å². The van der Waals surface area contributed by atoms with Crippen LogP contribution in [0.15, 0.2) is 17.5 Å². The quantitative estimate of drug-likeness (QED) is 0.530. The third-order valence-corrected chi connectivity index (χ3v) is 6.87. The monoisotopic (exact) mass is 458 g/mol. The number of carbonyl (C=O) groups is 2. The molecule has 0 radical (unpaired) electrons. The van der Waals surface area contributed by atoms with Gasteiger partial charge >= 0.3 is 6.16 Å². The fraction of sp³-hybridized carbons (Fsp3) is 0.591. The van der Waals surface area contributed by atoms with Crippen LogP contribution in [0.4, 0.5) is 10.5 Å². The molecule has 2 fully saturated rings. The van der Waals surface area contributed by atoms with Gasteiger partial charge in [0.05, 0.1) is 23.0 Å². The molecule has 1 amide bonds. The Hall–Kier alpha value is -3.37. The van der Waals surface area contributed by atoms with E-state index in [4.69, 9.17) is 30.6 Å². The lowest BCUT2D eigenvalue weighted by Gasteiger charge is -2.33. The fourth-order valence-corrected chi connectivity index (χ4v) is 4.75. The van der Waals surface area contributed by atoms with E-state index in [1.165, 1.54) is 19.3 Å². The largest absolute Gasteiger partial charge is 0.503 e. The molecule has 0 atom stereocenters. The molecule has 0 saturated heterocycles. The van der Waals surface area contributed by atoms with Crippen molar-refractivity contribution in [1.82, 2.24) is 14.8 Å². The molecule has 3 aliphatic rings.